The van der Waals surface area contributed by atoms with Crippen molar-refractivity contribution in [1.29, 1.82) is 0 Å². The third-order valence-electron chi connectivity index (χ3n) is 7.59. The van der Waals surface area contributed by atoms with Crippen LogP contribution in [0.3, 0.4) is 0 Å². The Hall–Kier alpha value is -2.08. The predicted molar refractivity (Wildman–Crippen MR) is 138 cm³/mol. The number of likely N-dealkylation sites (tertiary alicyclic amines) is 1. The van der Waals surface area contributed by atoms with Crippen LogP contribution in [0.5, 0.6) is 0 Å². The van der Waals surface area contributed by atoms with E-state index in [1.165, 1.54) is 0 Å². The third-order valence-corrected chi connectivity index (χ3v) is 7.59. The van der Waals surface area contributed by atoms with Crippen LogP contribution in [0.2, 0.25) is 0 Å². The highest BCUT2D eigenvalue weighted by atomic mass is 16.4. The minimum Gasteiger partial charge on any atom is -0.480 e. The summed E-state index contributed by atoms with van der Waals surface area (Å²) in [6.07, 6.45) is 0.720. The summed E-state index contributed by atoms with van der Waals surface area (Å²) < 4.78 is 0. The van der Waals surface area contributed by atoms with E-state index in [0.717, 1.165) is 31.2 Å². The van der Waals surface area contributed by atoms with Crippen LogP contribution < -0.4 is 5.32 Å². The van der Waals surface area contributed by atoms with Gasteiger partial charge in [-0.3, -0.25) is 9.69 Å². The van der Waals surface area contributed by atoms with E-state index in [2.05, 4.69) is 19.2 Å². The number of aliphatic hydroxyl groups is 5. The lowest BCUT2D eigenvalue weighted by atomic mass is 9.76. The van der Waals surface area contributed by atoms with Crippen LogP contribution in [0, 0.1) is 17.8 Å². The second-order valence-corrected chi connectivity index (χ2v) is 10.5. The van der Waals surface area contributed by atoms with Crippen molar-refractivity contribution in [2.24, 2.45) is 17.8 Å². The number of nitrogens with one attached hydrogen (secondary N) is 1. The Morgan fingerprint density at radius 1 is 1.00 bits per heavy atom. The van der Waals surface area contributed by atoms with Gasteiger partial charge >= 0.3 is 5.97 Å². The van der Waals surface area contributed by atoms with Crippen molar-refractivity contribution in [2.45, 2.75) is 76.3 Å². The topological polar surface area (TPSA) is 171 Å². The number of rotatable bonds is 9. The lowest BCUT2D eigenvalue weighted by molar-refractivity contribution is -0.146. The lowest BCUT2D eigenvalue weighted by Crippen LogP contribution is -2.62. The summed E-state index contributed by atoms with van der Waals surface area (Å²) >= 11 is 0. The highest BCUT2D eigenvalue weighted by Gasteiger charge is 2.40. The van der Waals surface area contributed by atoms with Gasteiger partial charge in [0, 0.05) is 25.4 Å². The molecule has 1 heterocycles. The van der Waals surface area contributed by atoms with E-state index in [1.807, 2.05) is 30.3 Å². The van der Waals surface area contributed by atoms with E-state index in [9.17, 15) is 30.0 Å². The molecule has 0 spiro atoms. The number of aliphatic hydroxyl groups excluding tert-OH is 5. The van der Waals surface area contributed by atoms with Crippen molar-refractivity contribution in [3.8, 4) is 0 Å². The molecule has 3 rings (SSSR count). The third kappa shape index (κ3) is 9.31. The zero-order valence-corrected chi connectivity index (χ0v) is 21.8. The molecule has 1 aliphatic carbocycles. The van der Waals surface area contributed by atoms with Gasteiger partial charge in [-0.05, 0) is 43.1 Å². The van der Waals surface area contributed by atoms with E-state index in [1.54, 1.807) is 4.90 Å². The molecule has 0 unspecified atom stereocenters. The molecule has 1 saturated heterocycles. The molecule has 1 amide bonds. The van der Waals surface area contributed by atoms with Gasteiger partial charge in [0.2, 0.25) is 5.91 Å². The fourth-order valence-electron chi connectivity index (χ4n) is 5.15. The number of benzene rings is 1. The monoisotopic (exact) mass is 524 g/mol. The fourth-order valence-corrected chi connectivity index (χ4v) is 5.15. The molecule has 5 atom stereocenters. The van der Waals surface area contributed by atoms with Crippen molar-refractivity contribution in [2.75, 3.05) is 26.3 Å². The molecule has 2 aliphatic rings. The van der Waals surface area contributed by atoms with Crippen molar-refractivity contribution < 1.29 is 40.2 Å². The number of β-amino-alcohol motifs (C(OH)–C–C–N with tert-alkyl or cyclic N) is 2. The van der Waals surface area contributed by atoms with Crippen LogP contribution in [0.15, 0.2) is 30.3 Å². The van der Waals surface area contributed by atoms with E-state index in [0.29, 0.717) is 18.3 Å². The SMILES string of the molecule is CC(C)[C@H]1CC[C@H](C(=O)N[C@H](Cc2ccccc2)C(=O)O)CC1.OCCN1C[C@H](O)[C@@H](O)[C@H](O)[C@H]1CO. The van der Waals surface area contributed by atoms with Gasteiger partial charge in [0.25, 0.3) is 0 Å². The number of carbonyl (C=O) groups excluding carboxylic acids is 1. The smallest absolute Gasteiger partial charge is 0.326 e. The van der Waals surface area contributed by atoms with E-state index < -0.39 is 36.4 Å². The molecule has 210 valence electrons. The van der Waals surface area contributed by atoms with Crippen molar-refractivity contribution in [3.63, 3.8) is 0 Å². The number of carboxylic acids is 1. The van der Waals surface area contributed by atoms with Gasteiger partial charge in [0.15, 0.2) is 0 Å². The fraction of sp³-hybridized carbons (Fsp3) is 0.704. The molecule has 0 aromatic heterocycles. The number of nitrogens with zero attached hydrogens (tertiary/aromatic N) is 1. The van der Waals surface area contributed by atoms with Crippen LogP contribution in [-0.4, -0.2) is 104 Å². The van der Waals surface area contributed by atoms with Crippen LogP contribution in [0.25, 0.3) is 0 Å². The van der Waals surface area contributed by atoms with Gasteiger partial charge in [-0.1, -0.05) is 44.2 Å². The number of carbonyl (C=O) groups is 2. The van der Waals surface area contributed by atoms with Crippen LogP contribution in [0.4, 0.5) is 0 Å². The largest absolute Gasteiger partial charge is 0.480 e. The Bertz CT molecular complexity index is 816. The molecular formula is C27H44N2O8. The van der Waals surface area contributed by atoms with Crippen LogP contribution >= 0.6 is 0 Å². The first-order valence-corrected chi connectivity index (χ1v) is 13.2. The molecule has 1 aliphatic heterocycles. The van der Waals surface area contributed by atoms with Gasteiger partial charge in [-0.15, -0.1) is 0 Å². The number of hydrogen-bond acceptors (Lipinski definition) is 8. The molecule has 10 nitrogen and oxygen atoms in total. The quantitative estimate of drug-likeness (QED) is 0.235. The predicted octanol–water partition coefficient (Wildman–Crippen LogP) is -0.00120. The number of carboxylic acid groups (broad SMARTS) is 1. The van der Waals surface area contributed by atoms with Gasteiger partial charge in [0.05, 0.1) is 25.4 Å². The van der Waals surface area contributed by atoms with Crippen molar-refractivity contribution in [1.82, 2.24) is 10.2 Å². The lowest BCUT2D eigenvalue weighted by Gasteiger charge is -2.42. The molecular weight excluding hydrogens is 480 g/mol. The molecule has 0 radical (unpaired) electrons. The van der Waals surface area contributed by atoms with Crippen LogP contribution in [-0.2, 0) is 16.0 Å². The summed E-state index contributed by atoms with van der Waals surface area (Å²) in [7, 11) is 0. The summed E-state index contributed by atoms with van der Waals surface area (Å²) in [5, 5.41) is 58.0. The van der Waals surface area contributed by atoms with E-state index in [4.69, 9.17) is 10.2 Å². The first kappa shape index (κ1) is 31.1. The van der Waals surface area contributed by atoms with Gasteiger partial charge in [-0.2, -0.15) is 0 Å². The molecule has 1 saturated carbocycles. The standard InChI is InChI=1S/C19H27NO3.C8H17NO5/c1-13(2)15-8-10-16(11-9-15)18(21)20-17(19(22)23)12-14-6-4-3-5-7-14;10-2-1-9-3-6(12)8(14)7(13)5(9)4-11/h3-7,13,15-17H,8-12H2,1-2H3,(H,20,21)(H,22,23);5-8,10-14H,1-4H2/t15-,16-,17-;5-,6+,7-,8-/m11/s1. The minimum atomic E-state index is -1.23. The zero-order chi connectivity index (χ0) is 27.5. The zero-order valence-electron chi connectivity index (χ0n) is 21.8. The Balaban J connectivity index is 0.000000294. The molecule has 1 aromatic carbocycles. The normalized spacial score (nSPS) is 29.2. The maximum Gasteiger partial charge on any atom is 0.326 e. The average molecular weight is 525 g/mol. The molecule has 37 heavy (non-hydrogen) atoms. The second kappa shape index (κ2) is 15.4. The Kier molecular flexibility index (Phi) is 12.9. The maximum absolute atomic E-state index is 12.4. The van der Waals surface area contributed by atoms with Crippen molar-refractivity contribution >= 4 is 11.9 Å². The summed E-state index contributed by atoms with van der Waals surface area (Å²) in [6, 6.07) is 7.94. The number of aliphatic carboxylic acids is 1. The minimum absolute atomic E-state index is 0.0392. The molecule has 0 bridgehead atoms. The summed E-state index contributed by atoms with van der Waals surface area (Å²) in [4.78, 5) is 25.4. The highest BCUT2D eigenvalue weighted by Crippen LogP contribution is 2.33. The van der Waals surface area contributed by atoms with Crippen LogP contribution in [0.1, 0.15) is 45.1 Å². The highest BCUT2D eigenvalue weighted by molar-refractivity contribution is 5.85. The molecule has 10 heteroatoms. The molecule has 2 fully saturated rings. The molecule has 1 aromatic rings. The van der Waals surface area contributed by atoms with Gasteiger partial charge in [-0.25, -0.2) is 4.79 Å². The number of amides is 1. The average Bonchev–Trinajstić information content (AvgIpc) is 2.88. The van der Waals surface area contributed by atoms with Crippen molar-refractivity contribution in [3.05, 3.63) is 35.9 Å². The Labute approximate surface area is 218 Å². The first-order valence-electron chi connectivity index (χ1n) is 13.2. The Morgan fingerprint density at radius 2 is 1.62 bits per heavy atom. The molecule has 7 N–H and O–H groups in total. The second-order valence-electron chi connectivity index (χ2n) is 10.5. The van der Waals surface area contributed by atoms with E-state index >= 15 is 0 Å². The van der Waals surface area contributed by atoms with Gasteiger partial charge < -0.3 is 36.0 Å². The van der Waals surface area contributed by atoms with E-state index in [-0.39, 0.29) is 38.1 Å². The Morgan fingerprint density at radius 3 is 2.14 bits per heavy atom. The summed E-state index contributed by atoms with van der Waals surface area (Å²) in [5.41, 5.74) is 0.920. The maximum atomic E-state index is 12.4. The number of piperidine rings is 1. The number of hydrogen-bond donors (Lipinski definition) is 7. The van der Waals surface area contributed by atoms with Gasteiger partial charge in [0.1, 0.15) is 18.2 Å². The summed E-state index contributed by atoms with van der Waals surface area (Å²) in [5.74, 6) is 0.235. The first-order chi connectivity index (χ1) is 17.6. The summed E-state index contributed by atoms with van der Waals surface area (Å²) in [6.45, 7) is 4.42.